The molecule has 0 saturated heterocycles. The Morgan fingerprint density at radius 1 is 0.963 bits per heavy atom. The van der Waals surface area contributed by atoms with Crippen molar-refractivity contribution in [3.63, 3.8) is 0 Å². The van der Waals surface area contributed by atoms with E-state index in [0.717, 1.165) is 49.2 Å². The minimum absolute atomic E-state index is 0.102. The zero-order valence-corrected chi connectivity index (χ0v) is 16.2. The highest BCUT2D eigenvalue weighted by Gasteiger charge is 2.34. The van der Waals surface area contributed by atoms with E-state index in [-0.39, 0.29) is 11.9 Å². The number of hydrogen-bond donors (Lipinski definition) is 1. The van der Waals surface area contributed by atoms with Crippen LogP contribution in [-0.4, -0.2) is 23.5 Å². The fourth-order valence-corrected chi connectivity index (χ4v) is 4.33. The maximum absolute atomic E-state index is 12.7. The van der Waals surface area contributed by atoms with Gasteiger partial charge in [0.1, 0.15) is 0 Å². The summed E-state index contributed by atoms with van der Waals surface area (Å²) < 4.78 is 0. The van der Waals surface area contributed by atoms with Gasteiger partial charge in [-0.2, -0.15) is 0 Å². The second-order valence-corrected chi connectivity index (χ2v) is 7.86. The number of hydrazine groups is 1. The number of carbonyl (C=O) groups is 1. The molecule has 2 aromatic rings. The first-order valence-electron chi connectivity index (χ1n) is 9.78. The lowest BCUT2D eigenvalue weighted by Crippen LogP contribution is -2.55. The van der Waals surface area contributed by atoms with Crippen LogP contribution in [0, 0.1) is 0 Å². The maximum Gasteiger partial charge on any atom is 0.261 e. The zero-order valence-electron chi connectivity index (χ0n) is 15.5. The molecule has 0 fully saturated rings. The molecule has 1 aliphatic carbocycles. The van der Waals surface area contributed by atoms with E-state index in [1.165, 1.54) is 23.1 Å². The summed E-state index contributed by atoms with van der Waals surface area (Å²) in [6, 6.07) is 18.8. The standard InChI is InChI=1S/C23H25ClN2O/c24-19-12-10-17(11-13-19)14-15-26-22(16-18-6-2-1-3-7-18)20-8-4-5-9-21(20)23(27)25-26/h1-3,6-7,10-13,22H,4-5,8-9,14-16H2,(H,25,27). The van der Waals surface area contributed by atoms with Crippen molar-refractivity contribution in [1.82, 2.24) is 10.4 Å². The van der Waals surface area contributed by atoms with Crippen molar-refractivity contribution in [2.24, 2.45) is 0 Å². The molecule has 4 rings (SSSR count). The van der Waals surface area contributed by atoms with Gasteiger partial charge in [-0.25, -0.2) is 5.01 Å². The molecule has 1 amide bonds. The van der Waals surface area contributed by atoms with Gasteiger partial charge in [0, 0.05) is 17.1 Å². The molecule has 1 unspecified atom stereocenters. The Morgan fingerprint density at radius 3 is 2.48 bits per heavy atom. The van der Waals surface area contributed by atoms with Gasteiger partial charge >= 0.3 is 0 Å². The van der Waals surface area contributed by atoms with Crippen molar-refractivity contribution in [3.05, 3.63) is 81.9 Å². The Labute approximate surface area is 166 Å². The fraction of sp³-hybridized carbons (Fsp3) is 0.348. The van der Waals surface area contributed by atoms with E-state index in [2.05, 4.69) is 52.9 Å². The highest BCUT2D eigenvalue weighted by Crippen LogP contribution is 2.33. The molecule has 1 heterocycles. The molecule has 1 N–H and O–H groups in total. The number of nitrogens with zero attached hydrogens (tertiary/aromatic N) is 1. The summed E-state index contributed by atoms with van der Waals surface area (Å²) in [5.41, 5.74) is 8.11. The maximum atomic E-state index is 12.7. The van der Waals surface area contributed by atoms with Crippen LogP contribution in [-0.2, 0) is 17.6 Å². The molecule has 3 nitrogen and oxygen atoms in total. The van der Waals surface area contributed by atoms with E-state index >= 15 is 0 Å². The Hall–Kier alpha value is -2.10. The summed E-state index contributed by atoms with van der Waals surface area (Å²) in [4.78, 5) is 12.7. The van der Waals surface area contributed by atoms with Crippen LogP contribution < -0.4 is 5.43 Å². The monoisotopic (exact) mass is 380 g/mol. The number of benzene rings is 2. The Bertz CT molecular complexity index is 829. The minimum atomic E-state index is 0.102. The SMILES string of the molecule is O=C1NN(CCc2ccc(Cl)cc2)C(Cc2ccccc2)C2=C1CCCC2. The molecular formula is C23H25ClN2O. The van der Waals surface area contributed by atoms with Crippen LogP contribution in [0.5, 0.6) is 0 Å². The largest absolute Gasteiger partial charge is 0.284 e. The lowest BCUT2D eigenvalue weighted by molar-refractivity contribution is -0.124. The molecule has 2 aliphatic rings. The van der Waals surface area contributed by atoms with Crippen LogP contribution in [0.25, 0.3) is 0 Å². The van der Waals surface area contributed by atoms with Gasteiger partial charge in [-0.3, -0.25) is 10.2 Å². The van der Waals surface area contributed by atoms with Gasteiger partial charge in [0.2, 0.25) is 0 Å². The molecule has 0 saturated carbocycles. The Morgan fingerprint density at radius 2 is 1.70 bits per heavy atom. The lowest BCUT2D eigenvalue weighted by atomic mass is 9.83. The third-order valence-electron chi connectivity index (χ3n) is 5.63. The third kappa shape index (κ3) is 4.26. The van der Waals surface area contributed by atoms with Crippen LogP contribution in [0.1, 0.15) is 36.8 Å². The van der Waals surface area contributed by atoms with E-state index in [0.29, 0.717) is 0 Å². The predicted molar refractivity (Wildman–Crippen MR) is 109 cm³/mol. The number of rotatable bonds is 5. The van der Waals surface area contributed by atoms with E-state index in [9.17, 15) is 4.79 Å². The van der Waals surface area contributed by atoms with Crippen LogP contribution in [0.15, 0.2) is 65.7 Å². The van der Waals surface area contributed by atoms with Crippen molar-refractivity contribution in [1.29, 1.82) is 0 Å². The van der Waals surface area contributed by atoms with Gasteiger partial charge < -0.3 is 0 Å². The molecule has 27 heavy (non-hydrogen) atoms. The first-order valence-corrected chi connectivity index (χ1v) is 10.2. The summed E-state index contributed by atoms with van der Waals surface area (Å²) >= 11 is 6.00. The molecule has 1 aliphatic heterocycles. The van der Waals surface area contributed by atoms with Gasteiger partial charge in [0.25, 0.3) is 5.91 Å². The smallest absolute Gasteiger partial charge is 0.261 e. The van der Waals surface area contributed by atoms with E-state index in [4.69, 9.17) is 11.6 Å². The number of carbonyl (C=O) groups excluding carboxylic acids is 1. The fourth-order valence-electron chi connectivity index (χ4n) is 4.20. The van der Waals surface area contributed by atoms with Gasteiger partial charge in [0.05, 0.1) is 6.04 Å². The summed E-state index contributed by atoms with van der Waals surface area (Å²) in [7, 11) is 0. The first kappa shape index (κ1) is 18.3. The van der Waals surface area contributed by atoms with Crippen molar-refractivity contribution in [2.45, 2.75) is 44.6 Å². The second-order valence-electron chi connectivity index (χ2n) is 7.43. The van der Waals surface area contributed by atoms with Gasteiger partial charge in [-0.15, -0.1) is 0 Å². The normalized spacial score (nSPS) is 20.3. The van der Waals surface area contributed by atoms with Crippen molar-refractivity contribution in [2.75, 3.05) is 6.54 Å². The zero-order chi connectivity index (χ0) is 18.6. The van der Waals surface area contributed by atoms with Gasteiger partial charge in [-0.05, 0) is 67.4 Å². The summed E-state index contributed by atoms with van der Waals surface area (Å²) in [5.74, 6) is 0.102. The molecule has 1 atom stereocenters. The predicted octanol–water partition coefficient (Wildman–Crippen LogP) is 4.71. The first-order chi connectivity index (χ1) is 13.2. The summed E-state index contributed by atoms with van der Waals surface area (Å²) in [6.45, 7) is 0.793. The van der Waals surface area contributed by atoms with E-state index in [1.807, 2.05) is 12.1 Å². The minimum Gasteiger partial charge on any atom is -0.284 e. The van der Waals surface area contributed by atoms with Crippen LogP contribution in [0.2, 0.25) is 5.02 Å². The molecule has 0 radical (unpaired) electrons. The molecule has 0 aromatic heterocycles. The molecule has 140 valence electrons. The number of hydrogen-bond acceptors (Lipinski definition) is 2. The molecule has 4 heteroatoms. The quantitative estimate of drug-likeness (QED) is 0.814. The van der Waals surface area contributed by atoms with Gasteiger partial charge in [0.15, 0.2) is 0 Å². The molecular weight excluding hydrogens is 356 g/mol. The average Bonchev–Trinajstić information content (AvgIpc) is 2.71. The number of halogens is 1. The van der Waals surface area contributed by atoms with E-state index < -0.39 is 0 Å². The highest BCUT2D eigenvalue weighted by molar-refractivity contribution is 6.30. The Balaban J connectivity index is 1.57. The molecule has 0 bridgehead atoms. The van der Waals surface area contributed by atoms with Crippen molar-refractivity contribution >= 4 is 17.5 Å². The van der Waals surface area contributed by atoms with Crippen LogP contribution in [0.3, 0.4) is 0 Å². The molecule has 0 spiro atoms. The average molecular weight is 381 g/mol. The number of amides is 1. The molecule has 2 aromatic carbocycles. The van der Waals surface area contributed by atoms with Crippen LogP contribution in [0.4, 0.5) is 0 Å². The Kier molecular flexibility index (Phi) is 5.61. The van der Waals surface area contributed by atoms with Crippen molar-refractivity contribution < 1.29 is 4.79 Å². The topological polar surface area (TPSA) is 32.3 Å². The van der Waals surface area contributed by atoms with Crippen LogP contribution >= 0.6 is 11.6 Å². The second kappa shape index (κ2) is 8.28. The third-order valence-corrected chi connectivity index (χ3v) is 5.89. The van der Waals surface area contributed by atoms with Crippen molar-refractivity contribution in [3.8, 4) is 0 Å². The van der Waals surface area contributed by atoms with E-state index in [1.54, 1.807) is 0 Å². The summed E-state index contributed by atoms with van der Waals surface area (Å²) in [6.07, 6.45) is 6.07. The lowest BCUT2D eigenvalue weighted by Gasteiger charge is -2.40. The number of nitrogens with one attached hydrogen (secondary N) is 1. The summed E-state index contributed by atoms with van der Waals surface area (Å²) in [5, 5.41) is 2.91. The van der Waals surface area contributed by atoms with Gasteiger partial charge in [-0.1, -0.05) is 54.1 Å². The highest BCUT2D eigenvalue weighted by atomic mass is 35.5.